The van der Waals surface area contributed by atoms with E-state index in [1.165, 1.54) is 12.1 Å². The van der Waals surface area contributed by atoms with Crippen molar-refractivity contribution in [2.75, 3.05) is 19.7 Å². The highest BCUT2D eigenvalue weighted by atomic mass is 79.9. The fourth-order valence-corrected chi connectivity index (χ4v) is 6.17. The molecule has 1 aliphatic heterocycles. The van der Waals surface area contributed by atoms with Crippen molar-refractivity contribution < 1.29 is 18.7 Å². The monoisotopic (exact) mass is 618 g/mol. The van der Waals surface area contributed by atoms with Crippen molar-refractivity contribution in [2.45, 2.75) is 32.5 Å². The van der Waals surface area contributed by atoms with Gasteiger partial charge in [0.15, 0.2) is 12.9 Å². The zero-order chi connectivity index (χ0) is 22.7. The van der Waals surface area contributed by atoms with Gasteiger partial charge in [0.25, 0.3) is 5.91 Å². The summed E-state index contributed by atoms with van der Waals surface area (Å²) in [7, 11) is 0. The van der Waals surface area contributed by atoms with Crippen LogP contribution in [-0.4, -0.2) is 53.8 Å². The molecule has 3 rings (SSSR count). The Labute approximate surface area is 206 Å². The summed E-state index contributed by atoms with van der Waals surface area (Å²) in [5, 5.41) is 0. The van der Waals surface area contributed by atoms with Gasteiger partial charge in [-0.2, -0.15) is 0 Å². The highest BCUT2D eigenvalue weighted by Gasteiger charge is 2.32. The summed E-state index contributed by atoms with van der Waals surface area (Å²) >= 11 is 10.1. The van der Waals surface area contributed by atoms with E-state index in [1.54, 1.807) is 18.2 Å². The van der Waals surface area contributed by atoms with Crippen LogP contribution in [0.3, 0.4) is 0 Å². The van der Waals surface area contributed by atoms with Crippen LogP contribution in [0.1, 0.15) is 29.8 Å². The predicted octanol–water partition coefficient (Wildman–Crippen LogP) is 5.43. The summed E-state index contributed by atoms with van der Waals surface area (Å²) < 4.78 is 20.7. The molecular formula is C22H22Br3FN2O3. The van der Waals surface area contributed by atoms with Gasteiger partial charge >= 0.3 is 0 Å². The van der Waals surface area contributed by atoms with Crippen molar-refractivity contribution in [2.24, 2.45) is 0 Å². The van der Waals surface area contributed by atoms with Gasteiger partial charge < -0.3 is 9.64 Å². The number of benzene rings is 2. The van der Waals surface area contributed by atoms with Gasteiger partial charge in [0.05, 0.1) is 8.95 Å². The molecule has 1 aliphatic rings. The van der Waals surface area contributed by atoms with Crippen molar-refractivity contribution in [3.63, 3.8) is 0 Å². The molecule has 2 aromatic carbocycles. The molecule has 0 radical (unpaired) electrons. The van der Waals surface area contributed by atoms with Crippen LogP contribution in [0.5, 0.6) is 5.75 Å². The zero-order valence-electron chi connectivity index (χ0n) is 17.1. The predicted molar refractivity (Wildman–Crippen MR) is 128 cm³/mol. The third kappa shape index (κ3) is 5.74. The molecule has 1 amide bonds. The summed E-state index contributed by atoms with van der Waals surface area (Å²) in [6.07, 6.45) is 0.722. The first-order chi connectivity index (χ1) is 14.7. The number of hydrogen-bond acceptors (Lipinski definition) is 4. The molecule has 0 spiro atoms. The van der Waals surface area contributed by atoms with E-state index < -0.39 is 0 Å². The second kappa shape index (κ2) is 10.6. The van der Waals surface area contributed by atoms with Gasteiger partial charge in [-0.15, -0.1) is 0 Å². The Morgan fingerprint density at radius 1 is 1.13 bits per heavy atom. The van der Waals surface area contributed by atoms with Gasteiger partial charge in [-0.05, 0) is 85.4 Å². The number of nitrogens with zero attached hydrogens (tertiary/aromatic N) is 2. The minimum Gasteiger partial charge on any atom is -0.481 e. The van der Waals surface area contributed by atoms with Crippen molar-refractivity contribution in [1.82, 2.24) is 9.80 Å². The number of rotatable bonds is 6. The van der Waals surface area contributed by atoms with Gasteiger partial charge in [0.2, 0.25) is 0 Å². The zero-order valence-corrected chi connectivity index (χ0v) is 21.8. The molecule has 0 unspecified atom stereocenters. The molecule has 0 bridgehead atoms. The normalized spacial score (nSPS) is 19.4. The Morgan fingerprint density at radius 3 is 2.45 bits per heavy atom. The summed E-state index contributed by atoms with van der Waals surface area (Å²) in [6.45, 7) is 5.95. The van der Waals surface area contributed by atoms with E-state index >= 15 is 0 Å². The van der Waals surface area contributed by atoms with Gasteiger partial charge in [-0.3, -0.25) is 14.5 Å². The smallest absolute Gasteiger partial charge is 0.260 e. The third-order valence-electron chi connectivity index (χ3n) is 5.36. The van der Waals surface area contributed by atoms with Crippen LogP contribution in [0.4, 0.5) is 4.39 Å². The van der Waals surface area contributed by atoms with Crippen LogP contribution in [0.25, 0.3) is 0 Å². The van der Waals surface area contributed by atoms with Gasteiger partial charge in [0.1, 0.15) is 11.6 Å². The largest absolute Gasteiger partial charge is 0.481 e. The van der Waals surface area contributed by atoms with Gasteiger partial charge in [-0.25, -0.2) is 4.39 Å². The summed E-state index contributed by atoms with van der Waals surface area (Å²) in [5.41, 5.74) is 1.46. The first-order valence-corrected chi connectivity index (χ1v) is 12.1. The maximum absolute atomic E-state index is 13.2. The van der Waals surface area contributed by atoms with Crippen LogP contribution in [0, 0.1) is 5.82 Å². The lowest BCUT2D eigenvalue weighted by molar-refractivity contribution is -0.139. The van der Waals surface area contributed by atoms with Gasteiger partial charge in [0, 0.05) is 41.8 Å². The Morgan fingerprint density at radius 2 is 1.81 bits per heavy atom. The Kier molecular flexibility index (Phi) is 8.29. The minimum absolute atomic E-state index is 0.00934. The molecule has 166 valence electrons. The average Bonchev–Trinajstić information content (AvgIpc) is 2.71. The summed E-state index contributed by atoms with van der Waals surface area (Å²) in [5.74, 6) is 0.0503. The molecule has 0 aromatic heterocycles. The van der Waals surface area contributed by atoms with Crippen molar-refractivity contribution in [3.05, 3.63) is 60.7 Å². The second-order valence-corrected chi connectivity index (χ2v) is 10.1. The molecule has 2 atom stereocenters. The minimum atomic E-state index is -0.245. The van der Waals surface area contributed by atoms with Crippen LogP contribution in [0.15, 0.2) is 43.7 Å². The third-order valence-corrected chi connectivity index (χ3v) is 7.39. The fraction of sp³-hybridized carbons (Fsp3) is 0.364. The SMILES string of the molecule is C[C@@H]1CN(Cc2ccc(F)cc2)[C@@H](C)CN1C(=O)COc1c(Br)cc(Br)c(C=O)c1Br. The van der Waals surface area contributed by atoms with Crippen LogP contribution in [-0.2, 0) is 11.3 Å². The van der Waals surface area contributed by atoms with E-state index in [4.69, 9.17) is 4.74 Å². The lowest BCUT2D eigenvalue weighted by atomic mass is 10.1. The van der Waals surface area contributed by atoms with Crippen LogP contribution < -0.4 is 4.74 Å². The first-order valence-electron chi connectivity index (χ1n) is 9.74. The molecule has 2 aromatic rings. The molecule has 31 heavy (non-hydrogen) atoms. The molecule has 9 heteroatoms. The number of carbonyl (C=O) groups is 2. The van der Waals surface area contributed by atoms with Crippen molar-refractivity contribution in [3.8, 4) is 5.75 Å². The summed E-state index contributed by atoms with van der Waals surface area (Å²) in [4.78, 5) is 28.3. The lowest BCUT2D eigenvalue weighted by Crippen LogP contribution is -2.58. The van der Waals surface area contributed by atoms with E-state index in [2.05, 4.69) is 59.6 Å². The lowest BCUT2D eigenvalue weighted by Gasteiger charge is -2.44. The Bertz CT molecular complexity index is 971. The van der Waals surface area contributed by atoms with Crippen LogP contribution in [0.2, 0.25) is 0 Å². The highest BCUT2D eigenvalue weighted by molar-refractivity contribution is 9.11. The number of carbonyl (C=O) groups excluding carboxylic acids is 2. The number of halogens is 4. The molecule has 1 saturated heterocycles. The van der Waals surface area contributed by atoms with Crippen molar-refractivity contribution >= 4 is 60.0 Å². The molecule has 5 nitrogen and oxygen atoms in total. The van der Waals surface area contributed by atoms with E-state index in [0.29, 0.717) is 44.4 Å². The molecule has 1 fully saturated rings. The van der Waals surface area contributed by atoms with E-state index in [1.807, 2.05) is 11.8 Å². The number of piperazine rings is 1. The standard InChI is InChI=1S/C22H22Br3FN2O3/c1-13-9-28(14(2)8-27(13)10-15-3-5-16(26)6-4-15)20(30)12-31-22-19(24)7-18(23)17(11-29)21(22)25/h3-7,11,13-14H,8-10,12H2,1-2H3/t13-,14+/m0/s1. The maximum atomic E-state index is 13.2. The molecular weight excluding hydrogens is 599 g/mol. The maximum Gasteiger partial charge on any atom is 0.260 e. The highest BCUT2D eigenvalue weighted by Crippen LogP contribution is 2.39. The number of ether oxygens (including phenoxy) is 1. The average molecular weight is 621 g/mol. The Balaban J connectivity index is 1.63. The van der Waals surface area contributed by atoms with E-state index in [9.17, 15) is 14.0 Å². The van der Waals surface area contributed by atoms with Gasteiger partial charge in [-0.1, -0.05) is 12.1 Å². The summed E-state index contributed by atoms with van der Waals surface area (Å²) in [6, 6.07) is 8.39. The first kappa shape index (κ1) is 24.4. The number of amides is 1. The molecule has 0 saturated carbocycles. The molecule has 0 N–H and O–H groups in total. The van der Waals surface area contributed by atoms with Crippen LogP contribution >= 0.6 is 47.8 Å². The molecule has 0 aliphatic carbocycles. The second-order valence-electron chi connectivity index (χ2n) is 7.60. The topological polar surface area (TPSA) is 49.9 Å². The molecule has 1 heterocycles. The van der Waals surface area contributed by atoms with Crippen molar-refractivity contribution in [1.29, 1.82) is 0 Å². The van der Waals surface area contributed by atoms with E-state index in [0.717, 1.165) is 11.8 Å². The fourth-order valence-electron chi connectivity index (χ4n) is 3.63. The van der Waals surface area contributed by atoms with E-state index in [-0.39, 0.29) is 30.4 Å². The number of aldehydes is 1. The quantitative estimate of drug-likeness (QED) is 0.405. The number of hydrogen-bond donors (Lipinski definition) is 0. The Hall–Kier alpha value is -1.29.